The standard InChI is InChI=1S/C28H34Cl2N4O7S/c1-19(35)33-11-9-32(10-12-33)13-14-41-23-6-4-20(5-7-23)15-25(28(37)38)31-27(36)26-3-2-8-34(26)42(39,40)24-17-21(29)16-22(30)18-24/h4-7,16-18,25-26H,2-3,8-15H2,1H3,(H,31,36)(H,37,38)/t25-,26-/m0/s1. The Hall–Kier alpha value is -2.90. The first-order chi connectivity index (χ1) is 19.9. The van der Waals surface area contributed by atoms with Crippen LogP contribution in [0.15, 0.2) is 47.4 Å². The quantitative estimate of drug-likeness (QED) is 0.382. The number of carboxylic acids is 1. The molecule has 2 aliphatic rings. The minimum Gasteiger partial charge on any atom is -0.492 e. The second-order valence-electron chi connectivity index (χ2n) is 10.3. The second-order valence-corrected chi connectivity index (χ2v) is 13.1. The van der Waals surface area contributed by atoms with Crippen molar-refractivity contribution in [3.63, 3.8) is 0 Å². The summed E-state index contributed by atoms with van der Waals surface area (Å²) in [6, 6.07) is 8.57. The molecule has 11 nitrogen and oxygen atoms in total. The molecule has 228 valence electrons. The number of sulfonamides is 1. The zero-order chi connectivity index (χ0) is 30.4. The molecule has 2 heterocycles. The third-order valence-corrected chi connectivity index (χ3v) is 9.74. The highest BCUT2D eigenvalue weighted by Gasteiger charge is 2.40. The van der Waals surface area contributed by atoms with E-state index in [0.717, 1.165) is 23.9 Å². The van der Waals surface area contributed by atoms with E-state index in [4.69, 9.17) is 27.9 Å². The van der Waals surface area contributed by atoms with Crippen LogP contribution in [-0.4, -0.2) is 103 Å². The first-order valence-electron chi connectivity index (χ1n) is 13.6. The van der Waals surface area contributed by atoms with E-state index in [-0.39, 0.29) is 40.2 Å². The lowest BCUT2D eigenvalue weighted by atomic mass is 10.1. The number of nitrogens with one attached hydrogen (secondary N) is 1. The third-order valence-electron chi connectivity index (χ3n) is 7.42. The van der Waals surface area contributed by atoms with E-state index in [1.165, 1.54) is 18.2 Å². The van der Waals surface area contributed by atoms with Crippen LogP contribution in [-0.2, 0) is 30.8 Å². The predicted molar refractivity (Wildman–Crippen MR) is 157 cm³/mol. The Kier molecular flexibility index (Phi) is 10.7. The van der Waals surface area contributed by atoms with Crippen LogP contribution in [0.2, 0.25) is 10.0 Å². The van der Waals surface area contributed by atoms with Crippen LogP contribution in [0, 0.1) is 0 Å². The highest BCUT2D eigenvalue weighted by atomic mass is 35.5. The molecule has 4 rings (SSSR count). The minimum absolute atomic E-state index is 0.00511. The summed E-state index contributed by atoms with van der Waals surface area (Å²) < 4.78 is 33.5. The normalized spacial score (nSPS) is 18.9. The summed E-state index contributed by atoms with van der Waals surface area (Å²) in [4.78, 5) is 40.6. The van der Waals surface area contributed by atoms with E-state index in [2.05, 4.69) is 10.2 Å². The Balaban J connectivity index is 1.31. The van der Waals surface area contributed by atoms with Gasteiger partial charge < -0.3 is 20.1 Å². The maximum Gasteiger partial charge on any atom is 0.326 e. The molecule has 2 atom stereocenters. The van der Waals surface area contributed by atoms with Crippen LogP contribution in [0.25, 0.3) is 0 Å². The molecule has 2 saturated heterocycles. The summed E-state index contributed by atoms with van der Waals surface area (Å²) in [7, 11) is -4.09. The number of hydrogen-bond acceptors (Lipinski definition) is 7. The first-order valence-corrected chi connectivity index (χ1v) is 15.8. The fraction of sp³-hybridized carbons (Fsp3) is 0.464. The molecule has 0 spiro atoms. The first kappa shape index (κ1) is 32.0. The molecule has 2 aromatic carbocycles. The maximum absolute atomic E-state index is 13.3. The molecule has 2 N–H and O–H groups in total. The van der Waals surface area contributed by atoms with E-state index in [0.29, 0.717) is 37.4 Å². The Bertz CT molecular complexity index is 1380. The summed E-state index contributed by atoms with van der Waals surface area (Å²) in [5, 5.41) is 12.6. The molecule has 0 radical (unpaired) electrons. The van der Waals surface area contributed by atoms with E-state index in [1.54, 1.807) is 31.2 Å². The van der Waals surface area contributed by atoms with Crippen molar-refractivity contribution in [2.45, 2.75) is 43.2 Å². The number of hydrogen-bond donors (Lipinski definition) is 2. The molecule has 42 heavy (non-hydrogen) atoms. The van der Waals surface area contributed by atoms with Crippen LogP contribution in [0.3, 0.4) is 0 Å². The van der Waals surface area contributed by atoms with Crippen molar-refractivity contribution in [2.24, 2.45) is 0 Å². The molecule has 14 heteroatoms. The predicted octanol–water partition coefficient (Wildman–Crippen LogP) is 2.50. The number of carbonyl (C=O) groups excluding carboxylic acids is 2. The van der Waals surface area contributed by atoms with Crippen LogP contribution < -0.4 is 10.1 Å². The lowest BCUT2D eigenvalue weighted by molar-refractivity contribution is -0.142. The number of rotatable bonds is 11. The van der Waals surface area contributed by atoms with Crippen molar-refractivity contribution in [3.8, 4) is 5.75 Å². The van der Waals surface area contributed by atoms with Crippen molar-refractivity contribution in [3.05, 3.63) is 58.1 Å². The summed E-state index contributed by atoms with van der Waals surface area (Å²) in [6.45, 7) is 5.87. The molecule has 0 aromatic heterocycles. The van der Waals surface area contributed by atoms with Gasteiger partial charge in [0.1, 0.15) is 24.4 Å². The van der Waals surface area contributed by atoms with E-state index < -0.39 is 34.0 Å². The topological polar surface area (TPSA) is 137 Å². The van der Waals surface area contributed by atoms with Crippen molar-refractivity contribution in [1.29, 1.82) is 0 Å². The van der Waals surface area contributed by atoms with Crippen LogP contribution in [0.1, 0.15) is 25.3 Å². The highest BCUT2D eigenvalue weighted by molar-refractivity contribution is 7.89. The van der Waals surface area contributed by atoms with Gasteiger partial charge in [0.15, 0.2) is 0 Å². The maximum atomic E-state index is 13.3. The van der Waals surface area contributed by atoms with Crippen molar-refractivity contribution in [2.75, 3.05) is 45.9 Å². The number of nitrogens with zero attached hydrogens (tertiary/aromatic N) is 3. The van der Waals surface area contributed by atoms with Gasteiger partial charge in [-0.05, 0) is 48.7 Å². The largest absolute Gasteiger partial charge is 0.492 e. The van der Waals surface area contributed by atoms with Gasteiger partial charge in [-0.15, -0.1) is 0 Å². The molecule has 0 bridgehead atoms. The Morgan fingerprint density at radius 2 is 1.67 bits per heavy atom. The molecule has 0 aliphatic carbocycles. The van der Waals surface area contributed by atoms with Gasteiger partial charge in [-0.1, -0.05) is 35.3 Å². The zero-order valence-corrected chi connectivity index (χ0v) is 25.5. The smallest absolute Gasteiger partial charge is 0.326 e. The number of benzene rings is 2. The number of aliphatic carboxylic acids is 1. The number of carboxylic acid groups (broad SMARTS) is 1. The molecule has 0 unspecified atom stereocenters. The van der Waals surface area contributed by atoms with Crippen LogP contribution in [0.4, 0.5) is 0 Å². The zero-order valence-electron chi connectivity index (χ0n) is 23.2. The lowest BCUT2D eigenvalue weighted by Gasteiger charge is -2.34. The second kappa shape index (κ2) is 14.0. The molecule has 0 saturated carbocycles. The molecule has 2 amide bonds. The van der Waals surface area contributed by atoms with Crippen molar-refractivity contribution in [1.82, 2.24) is 19.4 Å². The van der Waals surface area contributed by atoms with Gasteiger partial charge in [0.25, 0.3) is 0 Å². The Morgan fingerprint density at radius 1 is 1.02 bits per heavy atom. The Labute approximate surface area is 255 Å². The fourth-order valence-corrected chi connectivity index (χ4v) is 7.49. The summed E-state index contributed by atoms with van der Waals surface area (Å²) in [5.41, 5.74) is 0.667. The van der Waals surface area contributed by atoms with Crippen LogP contribution in [0.5, 0.6) is 5.75 Å². The molecule has 2 aromatic rings. The van der Waals surface area contributed by atoms with Gasteiger partial charge in [-0.2, -0.15) is 4.31 Å². The average molecular weight is 642 g/mol. The number of ether oxygens (including phenoxy) is 1. The average Bonchev–Trinajstić information content (AvgIpc) is 3.45. The van der Waals surface area contributed by atoms with Gasteiger partial charge >= 0.3 is 5.97 Å². The fourth-order valence-electron chi connectivity index (χ4n) is 5.11. The van der Waals surface area contributed by atoms with E-state index in [1.807, 2.05) is 4.90 Å². The van der Waals surface area contributed by atoms with Gasteiger partial charge in [-0.25, -0.2) is 13.2 Å². The molecular formula is C28H34Cl2N4O7S. The number of amides is 2. The van der Waals surface area contributed by atoms with Gasteiger partial charge in [0.05, 0.1) is 4.90 Å². The summed E-state index contributed by atoms with van der Waals surface area (Å²) in [5.74, 6) is -1.20. The van der Waals surface area contributed by atoms with Crippen LogP contribution >= 0.6 is 23.2 Å². The lowest BCUT2D eigenvalue weighted by Crippen LogP contribution is -2.51. The summed E-state index contributed by atoms with van der Waals surface area (Å²) >= 11 is 12.0. The summed E-state index contributed by atoms with van der Waals surface area (Å²) in [6.07, 6.45) is 0.703. The molecular weight excluding hydrogens is 607 g/mol. The molecule has 2 fully saturated rings. The Morgan fingerprint density at radius 3 is 2.26 bits per heavy atom. The number of piperazine rings is 1. The van der Waals surface area contributed by atoms with Gasteiger partial charge in [-0.3, -0.25) is 14.5 Å². The highest BCUT2D eigenvalue weighted by Crippen LogP contribution is 2.30. The van der Waals surface area contributed by atoms with Gasteiger partial charge in [0.2, 0.25) is 21.8 Å². The third kappa shape index (κ3) is 8.13. The van der Waals surface area contributed by atoms with Crippen molar-refractivity contribution >= 4 is 51.0 Å². The number of carbonyl (C=O) groups is 3. The monoisotopic (exact) mass is 640 g/mol. The van der Waals surface area contributed by atoms with E-state index >= 15 is 0 Å². The van der Waals surface area contributed by atoms with Crippen molar-refractivity contribution < 1.29 is 32.6 Å². The number of halogens is 2. The minimum atomic E-state index is -4.09. The van der Waals surface area contributed by atoms with Gasteiger partial charge in [0, 0.05) is 62.7 Å². The van der Waals surface area contributed by atoms with E-state index in [9.17, 15) is 27.9 Å². The SMILES string of the molecule is CC(=O)N1CCN(CCOc2ccc(C[C@H](NC(=O)[C@@H]3CCCN3S(=O)(=O)c3cc(Cl)cc(Cl)c3)C(=O)O)cc2)CC1. The molecule has 2 aliphatic heterocycles.